The summed E-state index contributed by atoms with van der Waals surface area (Å²) in [7, 11) is 0. The Hall–Kier alpha value is -1.97. The van der Waals surface area contributed by atoms with Gasteiger partial charge in [0.15, 0.2) is 0 Å². The molecule has 1 aromatic heterocycles. The molecule has 1 aliphatic carbocycles. The summed E-state index contributed by atoms with van der Waals surface area (Å²) in [5.41, 5.74) is 12.7. The SMILES string of the molecule is Cl.Cl.Nc1ccc(Nc2nc3c(c(N4CC[C@H](N)C4)n2)CCCC3)cc1C(F)(F)F. The highest BCUT2D eigenvalue weighted by Gasteiger charge is 2.33. The first kappa shape index (κ1) is 24.3. The predicted molar refractivity (Wildman–Crippen MR) is 117 cm³/mol. The van der Waals surface area contributed by atoms with Crippen LogP contribution in [0.3, 0.4) is 0 Å². The van der Waals surface area contributed by atoms with Gasteiger partial charge < -0.3 is 21.7 Å². The minimum absolute atomic E-state index is 0. The minimum atomic E-state index is -4.52. The van der Waals surface area contributed by atoms with Crippen LogP contribution in [0, 0.1) is 0 Å². The lowest BCUT2D eigenvalue weighted by Gasteiger charge is -2.25. The van der Waals surface area contributed by atoms with Gasteiger partial charge >= 0.3 is 6.18 Å². The summed E-state index contributed by atoms with van der Waals surface area (Å²) in [4.78, 5) is 11.4. The van der Waals surface area contributed by atoms with E-state index in [0.717, 1.165) is 68.3 Å². The van der Waals surface area contributed by atoms with Crippen molar-refractivity contribution in [1.82, 2.24) is 9.97 Å². The van der Waals surface area contributed by atoms with E-state index in [1.807, 2.05) is 0 Å². The maximum Gasteiger partial charge on any atom is 0.418 e. The Morgan fingerprint density at radius 2 is 1.83 bits per heavy atom. The van der Waals surface area contributed by atoms with E-state index in [0.29, 0.717) is 5.95 Å². The monoisotopic (exact) mass is 464 g/mol. The maximum atomic E-state index is 13.1. The number of rotatable bonds is 3. The Morgan fingerprint density at radius 1 is 1.10 bits per heavy atom. The number of nitrogens with two attached hydrogens (primary N) is 2. The van der Waals surface area contributed by atoms with Crippen LogP contribution in [0.2, 0.25) is 0 Å². The highest BCUT2D eigenvalue weighted by atomic mass is 35.5. The summed E-state index contributed by atoms with van der Waals surface area (Å²) in [6.07, 6.45) is 0.265. The molecule has 0 saturated carbocycles. The number of fused-ring (bicyclic) bond motifs is 1. The molecule has 1 aromatic carbocycles. The third-order valence-electron chi connectivity index (χ3n) is 5.30. The van der Waals surface area contributed by atoms with E-state index in [-0.39, 0.29) is 42.2 Å². The second-order valence-electron chi connectivity index (χ2n) is 7.42. The van der Waals surface area contributed by atoms with E-state index in [1.165, 1.54) is 12.1 Å². The Kier molecular flexibility index (Phi) is 7.65. The zero-order valence-corrected chi connectivity index (χ0v) is 17.8. The van der Waals surface area contributed by atoms with Crippen molar-refractivity contribution in [2.75, 3.05) is 29.0 Å². The first-order chi connectivity index (χ1) is 13.3. The molecule has 0 bridgehead atoms. The van der Waals surface area contributed by atoms with Crippen molar-refractivity contribution in [1.29, 1.82) is 0 Å². The fourth-order valence-corrected chi connectivity index (χ4v) is 3.88. The van der Waals surface area contributed by atoms with Gasteiger partial charge in [0.2, 0.25) is 5.95 Å². The van der Waals surface area contributed by atoms with Gasteiger partial charge in [-0.2, -0.15) is 18.2 Å². The maximum absolute atomic E-state index is 13.1. The molecule has 11 heteroatoms. The van der Waals surface area contributed by atoms with E-state index in [2.05, 4.69) is 20.2 Å². The number of aryl methyl sites for hydroxylation is 1. The first-order valence-corrected chi connectivity index (χ1v) is 9.45. The Labute approximate surface area is 185 Å². The lowest BCUT2D eigenvalue weighted by Crippen LogP contribution is -2.29. The first-order valence-electron chi connectivity index (χ1n) is 9.45. The highest BCUT2D eigenvalue weighted by Crippen LogP contribution is 2.36. The molecule has 1 aliphatic heterocycles. The minimum Gasteiger partial charge on any atom is -0.398 e. The average molecular weight is 465 g/mol. The smallest absolute Gasteiger partial charge is 0.398 e. The second-order valence-corrected chi connectivity index (χ2v) is 7.42. The lowest BCUT2D eigenvalue weighted by atomic mass is 9.96. The van der Waals surface area contributed by atoms with E-state index >= 15 is 0 Å². The fraction of sp³-hybridized carbons (Fsp3) is 0.474. The zero-order valence-electron chi connectivity index (χ0n) is 16.2. The summed E-state index contributed by atoms with van der Waals surface area (Å²) in [5, 5.41) is 2.93. The number of halogens is 5. The predicted octanol–water partition coefficient (Wildman–Crippen LogP) is 4.08. The number of nitrogens with one attached hydrogen (secondary N) is 1. The van der Waals surface area contributed by atoms with Gasteiger partial charge in [0.05, 0.1) is 11.3 Å². The molecule has 1 saturated heterocycles. The number of aromatic nitrogens is 2. The van der Waals surface area contributed by atoms with Crippen molar-refractivity contribution < 1.29 is 13.2 Å². The lowest BCUT2D eigenvalue weighted by molar-refractivity contribution is -0.136. The molecule has 2 heterocycles. The zero-order chi connectivity index (χ0) is 19.9. The molecule has 2 aromatic rings. The van der Waals surface area contributed by atoms with Gasteiger partial charge in [-0.1, -0.05) is 0 Å². The molecule has 6 nitrogen and oxygen atoms in total. The number of alkyl halides is 3. The summed E-state index contributed by atoms with van der Waals surface area (Å²) >= 11 is 0. The van der Waals surface area contributed by atoms with Gasteiger partial charge in [-0.3, -0.25) is 0 Å². The quantitative estimate of drug-likeness (QED) is 0.592. The molecule has 0 amide bonds. The molecule has 0 radical (unpaired) electrons. The Morgan fingerprint density at radius 3 is 2.50 bits per heavy atom. The van der Waals surface area contributed by atoms with E-state index in [1.54, 1.807) is 0 Å². The van der Waals surface area contributed by atoms with Crippen molar-refractivity contribution in [3.05, 3.63) is 35.0 Å². The molecule has 4 rings (SSSR count). The topological polar surface area (TPSA) is 93.1 Å². The number of hydrogen-bond acceptors (Lipinski definition) is 6. The molecule has 30 heavy (non-hydrogen) atoms. The summed E-state index contributed by atoms with van der Waals surface area (Å²) < 4.78 is 39.4. The standard InChI is InChI=1S/C19H23F3N6.2ClH/c20-19(21,22)14-9-12(5-6-15(14)24)25-18-26-16-4-2-1-3-13(16)17(27-18)28-8-7-11(23)10-28;;/h5-6,9,11H,1-4,7-8,10,23-24H2,(H,25,26,27);2*1H/t11-;;/m0../s1. The van der Waals surface area contributed by atoms with Crippen molar-refractivity contribution in [2.24, 2.45) is 5.73 Å². The third kappa shape index (κ3) is 5.01. The molecule has 5 N–H and O–H groups in total. The van der Waals surface area contributed by atoms with Crippen LogP contribution in [0.15, 0.2) is 18.2 Å². The normalized spacial score (nSPS) is 18.3. The number of nitrogen functional groups attached to an aromatic ring is 1. The van der Waals surface area contributed by atoms with Crippen LogP contribution in [0.1, 0.15) is 36.1 Å². The van der Waals surface area contributed by atoms with Gasteiger partial charge in [-0.15, -0.1) is 24.8 Å². The fourth-order valence-electron chi connectivity index (χ4n) is 3.88. The van der Waals surface area contributed by atoms with Crippen molar-refractivity contribution in [3.8, 4) is 0 Å². The van der Waals surface area contributed by atoms with Gasteiger partial charge in [0, 0.05) is 36.1 Å². The molecule has 0 unspecified atom stereocenters. The average Bonchev–Trinajstić information content (AvgIpc) is 3.08. The van der Waals surface area contributed by atoms with Crippen LogP contribution < -0.4 is 21.7 Å². The van der Waals surface area contributed by atoms with E-state index < -0.39 is 11.7 Å². The van der Waals surface area contributed by atoms with Crippen LogP contribution >= 0.6 is 24.8 Å². The van der Waals surface area contributed by atoms with Gasteiger partial charge in [0.25, 0.3) is 0 Å². The molecule has 2 aliphatic rings. The molecule has 1 fully saturated rings. The Balaban J connectivity index is 0.00000160. The van der Waals surface area contributed by atoms with Crippen LogP contribution in [0.4, 0.5) is 36.3 Å². The summed E-state index contributed by atoms with van der Waals surface area (Å²) in [5.74, 6) is 1.15. The Bertz CT molecular complexity index is 893. The summed E-state index contributed by atoms with van der Waals surface area (Å²) in [6, 6.07) is 3.84. The van der Waals surface area contributed by atoms with Crippen molar-refractivity contribution in [3.63, 3.8) is 0 Å². The number of nitrogens with zero attached hydrogens (tertiary/aromatic N) is 3. The van der Waals surface area contributed by atoms with Gasteiger partial charge in [-0.25, -0.2) is 4.98 Å². The van der Waals surface area contributed by atoms with Gasteiger partial charge in [0.1, 0.15) is 5.82 Å². The molecule has 1 atom stereocenters. The molecular formula is C19H25Cl2F3N6. The van der Waals surface area contributed by atoms with Crippen LogP contribution in [0.5, 0.6) is 0 Å². The third-order valence-corrected chi connectivity index (χ3v) is 5.30. The van der Waals surface area contributed by atoms with E-state index in [9.17, 15) is 13.2 Å². The number of benzene rings is 1. The van der Waals surface area contributed by atoms with Crippen molar-refractivity contribution in [2.45, 2.75) is 44.3 Å². The van der Waals surface area contributed by atoms with E-state index in [4.69, 9.17) is 11.5 Å². The van der Waals surface area contributed by atoms with Gasteiger partial charge in [-0.05, 0) is 50.3 Å². The second kappa shape index (κ2) is 9.45. The number of hydrogen-bond donors (Lipinski definition) is 3. The molecule has 0 spiro atoms. The largest absolute Gasteiger partial charge is 0.418 e. The van der Waals surface area contributed by atoms with Crippen LogP contribution in [0.25, 0.3) is 0 Å². The summed E-state index contributed by atoms with van der Waals surface area (Å²) in [6.45, 7) is 1.55. The highest BCUT2D eigenvalue weighted by molar-refractivity contribution is 5.85. The van der Waals surface area contributed by atoms with Crippen LogP contribution in [-0.4, -0.2) is 29.1 Å². The van der Waals surface area contributed by atoms with Crippen LogP contribution in [-0.2, 0) is 19.0 Å². The van der Waals surface area contributed by atoms with Crippen molar-refractivity contribution >= 4 is 48.0 Å². The number of anilines is 4. The molecule has 166 valence electrons. The molecular weight excluding hydrogens is 440 g/mol.